The van der Waals surface area contributed by atoms with Gasteiger partial charge in [0.2, 0.25) is 0 Å². The Hall–Kier alpha value is -3.61. The number of para-hydroxylation sites is 1. The predicted molar refractivity (Wildman–Crippen MR) is 129 cm³/mol. The summed E-state index contributed by atoms with van der Waals surface area (Å²) in [6, 6.07) is 17.2. The first-order chi connectivity index (χ1) is 15.7. The summed E-state index contributed by atoms with van der Waals surface area (Å²) in [6.07, 6.45) is 1.56. The van der Waals surface area contributed by atoms with Crippen LogP contribution in [0.3, 0.4) is 0 Å². The van der Waals surface area contributed by atoms with Gasteiger partial charge in [0.15, 0.2) is 5.82 Å². The number of nitrogens with zero attached hydrogens (tertiary/aromatic N) is 3. The van der Waals surface area contributed by atoms with Crippen molar-refractivity contribution in [3.63, 3.8) is 0 Å². The number of amides is 1. The van der Waals surface area contributed by atoms with E-state index >= 15 is 0 Å². The van der Waals surface area contributed by atoms with E-state index in [1.54, 1.807) is 23.1 Å². The minimum atomic E-state index is -0.480. The molecule has 2 heterocycles. The van der Waals surface area contributed by atoms with Crippen LogP contribution in [0.15, 0.2) is 54.6 Å². The average Bonchev–Trinajstić information content (AvgIpc) is 2.79. The second kappa shape index (κ2) is 9.10. The standard InChI is InChI=1S/C26H30N4O3/c1-26(2,3)33-25(32)30-14-12-18(13-15-30)17-8-10-19(11-9-17)21-16-22(28-29-24(21)27)20-6-4-5-7-23(20)31/h4-11,16,18,31H,12-15H2,1-3H3,(H2,27,29). The molecule has 7 heteroatoms. The van der Waals surface area contributed by atoms with E-state index in [2.05, 4.69) is 22.3 Å². The van der Waals surface area contributed by atoms with Gasteiger partial charge in [-0.05, 0) is 68.9 Å². The summed E-state index contributed by atoms with van der Waals surface area (Å²) in [4.78, 5) is 14.1. The Morgan fingerprint density at radius 2 is 1.70 bits per heavy atom. The molecule has 1 aliphatic rings. The first kappa shape index (κ1) is 22.6. The number of aromatic nitrogens is 2. The summed E-state index contributed by atoms with van der Waals surface area (Å²) >= 11 is 0. The van der Waals surface area contributed by atoms with E-state index < -0.39 is 5.60 Å². The van der Waals surface area contributed by atoms with Gasteiger partial charge in [0.25, 0.3) is 0 Å². The van der Waals surface area contributed by atoms with Crippen LogP contribution >= 0.6 is 0 Å². The van der Waals surface area contributed by atoms with Crippen molar-refractivity contribution in [2.75, 3.05) is 18.8 Å². The molecule has 0 saturated carbocycles. The molecular formula is C26H30N4O3. The van der Waals surface area contributed by atoms with Gasteiger partial charge in [-0.25, -0.2) is 4.79 Å². The number of rotatable bonds is 3. The molecule has 0 aliphatic carbocycles. The van der Waals surface area contributed by atoms with Gasteiger partial charge in [0.05, 0.1) is 5.69 Å². The van der Waals surface area contributed by atoms with Gasteiger partial charge in [0, 0.05) is 24.2 Å². The maximum Gasteiger partial charge on any atom is 0.410 e. The molecule has 0 spiro atoms. The van der Waals surface area contributed by atoms with E-state index in [1.807, 2.05) is 45.0 Å². The van der Waals surface area contributed by atoms with Gasteiger partial charge in [0.1, 0.15) is 11.4 Å². The number of piperidine rings is 1. The van der Waals surface area contributed by atoms with Gasteiger partial charge in [-0.3, -0.25) is 0 Å². The number of phenols is 1. The summed E-state index contributed by atoms with van der Waals surface area (Å²) in [5.41, 5.74) is 9.77. The third-order valence-electron chi connectivity index (χ3n) is 5.84. The van der Waals surface area contributed by atoms with Crippen LogP contribution in [0.1, 0.15) is 45.1 Å². The number of nitrogens with two attached hydrogens (primary N) is 1. The molecule has 3 N–H and O–H groups in total. The Morgan fingerprint density at radius 1 is 1.03 bits per heavy atom. The second-order valence-electron chi connectivity index (χ2n) is 9.41. The molecular weight excluding hydrogens is 416 g/mol. The Balaban J connectivity index is 1.47. The number of nitrogen functional groups attached to an aromatic ring is 1. The molecule has 172 valence electrons. The fourth-order valence-corrected chi connectivity index (χ4v) is 4.11. The fraction of sp³-hybridized carbons (Fsp3) is 0.346. The van der Waals surface area contributed by atoms with Gasteiger partial charge in [-0.15, -0.1) is 10.2 Å². The van der Waals surface area contributed by atoms with Crippen LogP contribution in [-0.4, -0.2) is 45.0 Å². The molecule has 1 saturated heterocycles. The molecule has 3 aromatic rings. The summed E-state index contributed by atoms with van der Waals surface area (Å²) in [7, 11) is 0. The summed E-state index contributed by atoms with van der Waals surface area (Å²) < 4.78 is 5.49. The van der Waals surface area contributed by atoms with Crippen LogP contribution in [0.2, 0.25) is 0 Å². The number of aromatic hydroxyl groups is 1. The number of benzene rings is 2. The molecule has 0 unspecified atom stereocenters. The van der Waals surface area contributed by atoms with Gasteiger partial charge in [-0.2, -0.15) is 0 Å². The minimum absolute atomic E-state index is 0.149. The first-order valence-corrected chi connectivity index (χ1v) is 11.2. The smallest absolute Gasteiger partial charge is 0.410 e. The van der Waals surface area contributed by atoms with Crippen LogP contribution in [0.25, 0.3) is 22.4 Å². The van der Waals surface area contributed by atoms with Crippen molar-refractivity contribution in [2.45, 2.75) is 45.1 Å². The Morgan fingerprint density at radius 3 is 2.33 bits per heavy atom. The van der Waals surface area contributed by atoms with E-state index in [9.17, 15) is 9.90 Å². The maximum atomic E-state index is 12.3. The maximum absolute atomic E-state index is 12.3. The molecule has 0 bridgehead atoms. The number of phenolic OH excluding ortho intramolecular Hbond substituents is 1. The van der Waals surface area contributed by atoms with Crippen LogP contribution in [0.5, 0.6) is 5.75 Å². The molecule has 33 heavy (non-hydrogen) atoms. The number of carbonyl (C=O) groups is 1. The lowest BCUT2D eigenvalue weighted by Crippen LogP contribution is -2.41. The van der Waals surface area contributed by atoms with Crippen molar-refractivity contribution >= 4 is 11.9 Å². The lowest BCUT2D eigenvalue weighted by molar-refractivity contribution is 0.0205. The Bertz CT molecular complexity index is 1130. The third kappa shape index (κ3) is 5.25. The van der Waals surface area contributed by atoms with E-state index in [0.29, 0.717) is 36.1 Å². The highest BCUT2D eigenvalue weighted by molar-refractivity contribution is 5.79. The number of hydrogen-bond donors (Lipinski definition) is 2. The van der Waals surface area contributed by atoms with Crippen LogP contribution in [0.4, 0.5) is 10.6 Å². The summed E-state index contributed by atoms with van der Waals surface area (Å²) in [6.45, 7) is 7.03. The SMILES string of the molecule is CC(C)(C)OC(=O)N1CCC(c2ccc(-c3cc(-c4ccccc4O)nnc3N)cc2)CC1. The van der Waals surface area contributed by atoms with E-state index in [1.165, 1.54) is 5.56 Å². The van der Waals surface area contributed by atoms with E-state index in [0.717, 1.165) is 24.0 Å². The number of ether oxygens (including phenoxy) is 1. The molecule has 0 atom stereocenters. The lowest BCUT2D eigenvalue weighted by Gasteiger charge is -2.33. The second-order valence-corrected chi connectivity index (χ2v) is 9.41. The largest absolute Gasteiger partial charge is 0.507 e. The molecule has 4 rings (SSSR count). The molecule has 0 radical (unpaired) electrons. The first-order valence-electron chi connectivity index (χ1n) is 11.2. The zero-order valence-corrected chi connectivity index (χ0v) is 19.3. The van der Waals surface area contributed by atoms with Crippen molar-refractivity contribution in [1.29, 1.82) is 0 Å². The van der Waals surface area contributed by atoms with Crippen LogP contribution < -0.4 is 5.73 Å². The molecule has 1 amide bonds. The van der Waals surface area contributed by atoms with Crippen molar-refractivity contribution in [3.8, 4) is 28.1 Å². The van der Waals surface area contributed by atoms with Gasteiger partial charge >= 0.3 is 6.09 Å². The Kier molecular flexibility index (Phi) is 6.22. The van der Waals surface area contributed by atoms with Crippen LogP contribution in [-0.2, 0) is 4.74 Å². The van der Waals surface area contributed by atoms with Crippen molar-refractivity contribution < 1.29 is 14.6 Å². The monoisotopic (exact) mass is 446 g/mol. The zero-order chi connectivity index (χ0) is 23.6. The average molecular weight is 447 g/mol. The van der Waals surface area contributed by atoms with Crippen LogP contribution in [0, 0.1) is 0 Å². The Labute approximate surface area is 194 Å². The van der Waals surface area contributed by atoms with Gasteiger partial charge < -0.3 is 20.5 Å². The topological polar surface area (TPSA) is 102 Å². The van der Waals surface area contributed by atoms with Gasteiger partial charge in [-0.1, -0.05) is 36.4 Å². The fourth-order valence-electron chi connectivity index (χ4n) is 4.11. The highest BCUT2D eigenvalue weighted by Gasteiger charge is 2.27. The number of anilines is 1. The molecule has 7 nitrogen and oxygen atoms in total. The number of carbonyl (C=O) groups excluding carboxylic acids is 1. The third-order valence-corrected chi connectivity index (χ3v) is 5.84. The normalized spacial score (nSPS) is 14.8. The van der Waals surface area contributed by atoms with E-state index in [4.69, 9.17) is 10.5 Å². The predicted octanol–water partition coefficient (Wildman–Crippen LogP) is 5.21. The minimum Gasteiger partial charge on any atom is -0.507 e. The zero-order valence-electron chi connectivity index (χ0n) is 19.3. The molecule has 2 aromatic carbocycles. The number of likely N-dealkylation sites (tertiary alicyclic amines) is 1. The lowest BCUT2D eigenvalue weighted by atomic mass is 9.88. The molecule has 1 aliphatic heterocycles. The highest BCUT2D eigenvalue weighted by Crippen LogP contribution is 2.34. The molecule has 1 fully saturated rings. The van der Waals surface area contributed by atoms with Crippen molar-refractivity contribution in [1.82, 2.24) is 15.1 Å². The molecule has 1 aromatic heterocycles. The summed E-state index contributed by atoms with van der Waals surface area (Å²) in [5.74, 6) is 0.880. The number of hydrogen-bond acceptors (Lipinski definition) is 6. The quantitative estimate of drug-likeness (QED) is 0.572. The van der Waals surface area contributed by atoms with E-state index in [-0.39, 0.29) is 11.8 Å². The van der Waals surface area contributed by atoms with Crippen molar-refractivity contribution in [2.24, 2.45) is 0 Å². The van der Waals surface area contributed by atoms with Crippen molar-refractivity contribution in [3.05, 3.63) is 60.2 Å². The highest BCUT2D eigenvalue weighted by atomic mass is 16.6. The summed E-state index contributed by atoms with van der Waals surface area (Å²) in [5, 5.41) is 18.4.